The molecule has 2 aromatic heterocycles. The number of aromatic nitrogens is 3. The van der Waals surface area contributed by atoms with Gasteiger partial charge in [-0.2, -0.15) is 0 Å². The van der Waals surface area contributed by atoms with Gasteiger partial charge in [0.2, 0.25) is 11.1 Å². The van der Waals surface area contributed by atoms with Crippen molar-refractivity contribution >= 4 is 35.0 Å². The first-order valence-corrected chi connectivity index (χ1v) is 11.1. The van der Waals surface area contributed by atoms with Crippen molar-refractivity contribution in [2.45, 2.75) is 18.2 Å². The number of methoxy groups -OCH3 is 1. The molecule has 0 radical (unpaired) electrons. The maximum atomic E-state index is 12.0. The minimum Gasteiger partial charge on any atom is -0.497 e. The summed E-state index contributed by atoms with van der Waals surface area (Å²) in [4.78, 5) is 24.9. The molecule has 3 aromatic rings. The minimum absolute atomic E-state index is 0.0373. The Morgan fingerprint density at radius 1 is 1.23 bits per heavy atom. The number of carbonyl (C=O) groups excluding carboxylic acids is 2. The van der Waals surface area contributed by atoms with Gasteiger partial charge in [0.25, 0.3) is 0 Å². The Bertz CT molecular complexity index is 1010. The highest BCUT2D eigenvalue weighted by Gasteiger charge is 2.14. The predicted molar refractivity (Wildman–Crippen MR) is 118 cm³/mol. The molecule has 10 nitrogen and oxygen atoms in total. The molecule has 0 spiro atoms. The maximum Gasteiger partial charge on any atom is 0.321 e. The number of amides is 3. The van der Waals surface area contributed by atoms with E-state index in [0.29, 0.717) is 35.4 Å². The summed E-state index contributed by atoms with van der Waals surface area (Å²) >= 11 is 2.68. The van der Waals surface area contributed by atoms with Gasteiger partial charge in [-0.25, -0.2) is 9.47 Å². The van der Waals surface area contributed by atoms with E-state index in [1.165, 1.54) is 4.68 Å². The third kappa shape index (κ3) is 6.89. The molecule has 4 N–H and O–H groups in total. The van der Waals surface area contributed by atoms with E-state index in [9.17, 15) is 9.59 Å². The van der Waals surface area contributed by atoms with Crippen LogP contribution in [0.4, 0.5) is 4.79 Å². The largest absolute Gasteiger partial charge is 0.497 e. The zero-order chi connectivity index (χ0) is 22.1. The molecule has 0 aliphatic rings. The number of rotatable bonds is 10. The third-order valence-corrected chi connectivity index (χ3v) is 5.85. The average molecular weight is 463 g/mol. The van der Waals surface area contributed by atoms with E-state index in [-0.39, 0.29) is 12.4 Å². The first-order chi connectivity index (χ1) is 15.0. The number of hydrogen-bond acceptors (Lipinski definition) is 9. The monoisotopic (exact) mass is 462 g/mol. The van der Waals surface area contributed by atoms with Crippen LogP contribution in [0, 0.1) is 0 Å². The van der Waals surface area contributed by atoms with E-state index in [1.807, 2.05) is 23.6 Å². The van der Waals surface area contributed by atoms with Crippen LogP contribution < -0.4 is 25.9 Å². The van der Waals surface area contributed by atoms with Crippen molar-refractivity contribution in [2.75, 3.05) is 25.3 Å². The normalized spacial score (nSPS) is 10.5. The van der Waals surface area contributed by atoms with E-state index >= 15 is 0 Å². The number of benzene rings is 1. The maximum absolute atomic E-state index is 12.0. The molecule has 0 atom stereocenters. The van der Waals surface area contributed by atoms with Crippen LogP contribution in [0.5, 0.6) is 11.5 Å². The van der Waals surface area contributed by atoms with Crippen LogP contribution in [-0.2, 0) is 17.8 Å². The van der Waals surface area contributed by atoms with Gasteiger partial charge in [0.1, 0.15) is 18.1 Å². The van der Waals surface area contributed by atoms with Gasteiger partial charge in [-0.15, -0.1) is 21.5 Å². The fraction of sp³-hybridized carbons (Fsp3) is 0.263. The van der Waals surface area contributed by atoms with Crippen LogP contribution >= 0.6 is 23.1 Å². The molecule has 31 heavy (non-hydrogen) atoms. The van der Waals surface area contributed by atoms with Gasteiger partial charge in [0, 0.05) is 17.5 Å². The SMILES string of the molecule is COc1cccc(OCc2nnc(SCC(=O)NC(=O)NCCc3cccs3)n2N)c1. The lowest BCUT2D eigenvalue weighted by Crippen LogP contribution is -2.41. The second-order valence-electron chi connectivity index (χ2n) is 6.16. The molecule has 0 bridgehead atoms. The zero-order valence-corrected chi connectivity index (χ0v) is 18.4. The number of nitrogens with two attached hydrogens (primary N) is 1. The summed E-state index contributed by atoms with van der Waals surface area (Å²) in [5, 5.41) is 15.2. The molecule has 0 fully saturated rings. The Morgan fingerprint density at radius 2 is 2.06 bits per heavy atom. The van der Waals surface area contributed by atoms with Crippen molar-refractivity contribution in [3.8, 4) is 11.5 Å². The Balaban J connectivity index is 1.40. The number of thioether (sulfide) groups is 1. The summed E-state index contributed by atoms with van der Waals surface area (Å²) in [7, 11) is 1.57. The second-order valence-corrected chi connectivity index (χ2v) is 8.13. The van der Waals surface area contributed by atoms with Crippen molar-refractivity contribution in [2.24, 2.45) is 0 Å². The lowest BCUT2D eigenvalue weighted by Gasteiger charge is -2.08. The van der Waals surface area contributed by atoms with Gasteiger partial charge in [-0.1, -0.05) is 23.9 Å². The fourth-order valence-corrected chi connectivity index (χ4v) is 3.82. The Kier molecular flexibility index (Phi) is 8.12. The molecule has 1 aromatic carbocycles. The summed E-state index contributed by atoms with van der Waals surface area (Å²) in [6, 6.07) is 10.5. The van der Waals surface area contributed by atoms with Gasteiger partial charge < -0.3 is 20.6 Å². The highest BCUT2D eigenvalue weighted by atomic mass is 32.2. The van der Waals surface area contributed by atoms with Crippen LogP contribution in [0.3, 0.4) is 0 Å². The van der Waals surface area contributed by atoms with E-state index in [2.05, 4.69) is 20.8 Å². The van der Waals surface area contributed by atoms with Crippen LogP contribution in [0.1, 0.15) is 10.7 Å². The number of urea groups is 1. The first kappa shape index (κ1) is 22.4. The Morgan fingerprint density at radius 3 is 2.84 bits per heavy atom. The minimum atomic E-state index is -0.538. The molecular formula is C19H22N6O4S2. The van der Waals surface area contributed by atoms with Gasteiger partial charge in [0.15, 0.2) is 5.82 Å². The molecule has 0 saturated carbocycles. The fourth-order valence-electron chi connectivity index (χ4n) is 2.43. The molecule has 0 aliphatic heterocycles. The standard InChI is InChI=1S/C19H22N6O4S2/c1-28-13-4-2-5-14(10-13)29-11-16-23-24-19(25(16)20)31-12-17(26)22-18(27)21-8-7-15-6-3-9-30-15/h2-6,9-10H,7-8,11-12,20H2,1H3,(H2,21,22,26,27). The predicted octanol–water partition coefficient (Wildman–Crippen LogP) is 1.80. The van der Waals surface area contributed by atoms with Crippen LogP contribution in [0.2, 0.25) is 0 Å². The highest BCUT2D eigenvalue weighted by Crippen LogP contribution is 2.20. The molecule has 164 valence electrons. The van der Waals surface area contributed by atoms with Crippen molar-refractivity contribution in [3.63, 3.8) is 0 Å². The lowest BCUT2D eigenvalue weighted by atomic mass is 10.3. The molecule has 2 heterocycles. The molecule has 0 aliphatic carbocycles. The number of nitrogen functional groups attached to an aromatic ring is 1. The topological polar surface area (TPSA) is 133 Å². The number of hydrogen-bond donors (Lipinski definition) is 3. The lowest BCUT2D eigenvalue weighted by molar-refractivity contribution is -0.117. The average Bonchev–Trinajstić information content (AvgIpc) is 3.41. The summed E-state index contributed by atoms with van der Waals surface area (Å²) in [6.45, 7) is 0.538. The van der Waals surface area contributed by atoms with Crippen LogP contribution in [0.15, 0.2) is 46.9 Å². The summed E-state index contributed by atoms with van der Waals surface area (Å²) in [5.41, 5.74) is 0. The molecule has 0 saturated heterocycles. The number of nitrogens with zero attached hydrogens (tertiary/aromatic N) is 3. The number of nitrogens with one attached hydrogen (secondary N) is 2. The smallest absolute Gasteiger partial charge is 0.321 e. The van der Waals surface area contributed by atoms with E-state index < -0.39 is 11.9 Å². The van der Waals surface area contributed by atoms with E-state index in [4.69, 9.17) is 15.3 Å². The number of imide groups is 1. The van der Waals surface area contributed by atoms with Crippen LogP contribution in [0.25, 0.3) is 0 Å². The van der Waals surface area contributed by atoms with E-state index in [1.54, 1.807) is 36.6 Å². The zero-order valence-electron chi connectivity index (χ0n) is 16.7. The van der Waals surface area contributed by atoms with Crippen molar-refractivity contribution in [1.29, 1.82) is 0 Å². The van der Waals surface area contributed by atoms with E-state index in [0.717, 1.165) is 16.6 Å². The number of ether oxygens (including phenoxy) is 2. The summed E-state index contributed by atoms with van der Waals surface area (Å²) in [6.07, 6.45) is 0.713. The van der Waals surface area contributed by atoms with Crippen molar-refractivity contribution in [1.82, 2.24) is 25.5 Å². The van der Waals surface area contributed by atoms with Gasteiger partial charge in [-0.3, -0.25) is 10.1 Å². The van der Waals surface area contributed by atoms with Gasteiger partial charge >= 0.3 is 6.03 Å². The van der Waals surface area contributed by atoms with Crippen molar-refractivity contribution in [3.05, 3.63) is 52.5 Å². The summed E-state index contributed by atoms with van der Waals surface area (Å²) < 4.78 is 12.0. The quantitative estimate of drug-likeness (QED) is 0.307. The van der Waals surface area contributed by atoms with Gasteiger partial charge in [0.05, 0.1) is 12.9 Å². The number of thiophene rings is 1. The third-order valence-electron chi connectivity index (χ3n) is 3.97. The second kappa shape index (κ2) is 11.2. The van der Waals surface area contributed by atoms with Crippen molar-refractivity contribution < 1.29 is 19.1 Å². The highest BCUT2D eigenvalue weighted by molar-refractivity contribution is 7.99. The Hall–Kier alpha value is -3.25. The number of carbonyl (C=O) groups is 2. The molecular weight excluding hydrogens is 440 g/mol. The summed E-state index contributed by atoms with van der Waals surface area (Å²) in [5.74, 6) is 7.13. The molecule has 3 amide bonds. The van der Waals surface area contributed by atoms with Gasteiger partial charge in [-0.05, 0) is 30.0 Å². The Labute approximate surface area is 187 Å². The first-order valence-electron chi connectivity index (χ1n) is 9.24. The van der Waals surface area contributed by atoms with Crippen LogP contribution in [-0.4, -0.2) is 46.2 Å². The molecule has 3 rings (SSSR count). The molecule has 12 heteroatoms. The molecule has 0 unspecified atom stereocenters.